The summed E-state index contributed by atoms with van der Waals surface area (Å²) in [5, 5.41) is 23.0. The van der Waals surface area contributed by atoms with Crippen LogP contribution in [0.3, 0.4) is 0 Å². The van der Waals surface area contributed by atoms with Crippen molar-refractivity contribution in [3.05, 3.63) is 60.4 Å². The van der Waals surface area contributed by atoms with Crippen molar-refractivity contribution in [2.45, 2.75) is 25.0 Å². The minimum absolute atomic E-state index is 0.0884. The van der Waals surface area contributed by atoms with Crippen molar-refractivity contribution in [3.63, 3.8) is 0 Å². The lowest BCUT2D eigenvalue weighted by Gasteiger charge is -2.56. The number of anilines is 1. The molecule has 11 heteroatoms. The summed E-state index contributed by atoms with van der Waals surface area (Å²) < 4.78 is 12.4. The van der Waals surface area contributed by atoms with Gasteiger partial charge in [-0.25, -0.2) is 14.5 Å². The Hall–Kier alpha value is -4.27. The minimum atomic E-state index is -0.0884. The molecule has 2 bridgehead atoms. The number of ether oxygens (including phenoxy) is 2. The molecule has 3 saturated heterocycles. The van der Waals surface area contributed by atoms with Crippen molar-refractivity contribution in [1.82, 2.24) is 29.5 Å². The topological polar surface area (TPSA) is 125 Å². The van der Waals surface area contributed by atoms with Crippen LogP contribution in [0.2, 0.25) is 0 Å². The first-order chi connectivity index (χ1) is 18.2. The lowest BCUT2D eigenvalue weighted by molar-refractivity contribution is -0.00979. The fourth-order valence-electron chi connectivity index (χ4n) is 5.22. The third-order valence-corrected chi connectivity index (χ3v) is 7.03. The summed E-state index contributed by atoms with van der Waals surface area (Å²) in [4.78, 5) is 18.3. The van der Waals surface area contributed by atoms with E-state index in [4.69, 9.17) is 19.6 Å². The van der Waals surface area contributed by atoms with Gasteiger partial charge in [-0.1, -0.05) is 0 Å². The van der Waals surface area contributed by atoms with Crippen molar-refractivity contribution < 1.29 is 14.6 Å². The summed E-state index contributed by atoms with van der Waals surface area (Å²) in [5.74, 6) is 2.02. The molecule has 3 fully saturated rings. The fourth-order valence-corrected chi connectivity index (χ4v) is 5.22. The Balaban J connectivity index is 1.19. The summed E-state index contributed by atoms with van der Waals surface area (Å²) >= 11 is 0. The average Bonchev–Trinajstić information content (AvgIpc) is 3.38. The Kier molecular flexibility index (Phi) is 6.04. The Labute approximate surface area is 213 Å². The van der Waals surface area contributed by atoms with Gasteiger partial charge in [0.05, 0.1) is 55.3 Å². The first-order valence-corrected chi connectivity index (χ1v) is 12.1. The normalized spacial score (nSPS) is 18.9. The quantitative estimate of drug-likeness (QED) is 0.385. The number of hydrogen-bond donors (Lipinski definition) is 1. The van der Waals surface area contributed by atoms with Gasteiger partial charge in [-0.2, -0.15) is 10.4 Å². The van der Waals surface area contributed by atoms with Gasteiger partial charge < -0.3 is 19.5 Å². The highest BCUT2D eigenvalue weighted by molar-refractivity contribution is 5.85. The highest BCUT2D eigenvalue weighted by atomic mass is 16.5. The predicted octanol–water partition coefficient (Wildman–Crippen LogP) is 1.90. The molecule has 2 unspecified atom stereocenters. The number of aliphatic hydroxyl groups excluding tert-OH is 1. The van der Waals surface area contributed by atoms with Crippen LogP contribution >= 0.6 is 0 Å². The summed E-state index contributed by atoms with van der Waals surface area (Å²) in [5.41, 5.74) is 3.79. The van der Waals surface area contributed by atoms with E-state index in [9.17, 15) is 5.26 Å². The van der Waals surface area contributed by atoms with Crippen LogP contribution in [-0.4, -0.2) is 80.1 Å². The first kappa shape index (κ1) is 23.1. The number of aliphatic hydroxyl groups is 1. The highest BCUT2D eigenvalue weighted by Gasteiger charge is 2.44. The van der Waals surface area contributed by atoms with Crippen LogP contribution in [0.25, 0.3) is 16.6 Å². The molecular formula is C26H26N8O3. The molecule has 1 N–H and O–H groups in total. The van der Waals surface area contributed by atoms with Crippen molar-refractivity contribution in [2.75, 3.05) is 38.3 Å². The van der Waals surface area contributed by atoms with Gasteiger partial charge >= 0.3 is 0 Å². The summed E-state index contributed by atoms with van der Waals surface area (Å²) in [6.45, 7) is 2.68. The number of hydrogen-bond acceptors (Lipinski definition) is 10. The molecule has 0 aromatic carbocycles. The van der Waals surface area contributed by atoms with Gasteiger partial charge in [-0.05, 0) is 24.6 Å². The molecule has 0 aliphatic carbocycles. The zero-order valence-corrected chi connectivity index (χ0v) is 20.4. The van der Waals surface area contributed by atoms with E-state index in [0.717, 1.165) is 42.3 Å². The second-order valence-corrected chi connectivity index (χ2v) is 9.20. The second-order valence-electron chi connectivity index (χ2n) is 9.20. The fraction of sp³-hybridized carbons (Fsp3) is 0.346. The maximum atomic E-state index is 9.58. The lowest BCUT2D eigenvalue weighted by Crippen LogP contribution is -2.68. The highest BCUT2D eigenvalue weighted by Crippen LogP contribution is 2.36. The number of piperazine rings is 1. The van der Waals surface area contributed by atoms with Crippen LogP contribution < -0.4 is 14.4 Å². The van der Waals surface area contributed by atoms with Crippen LogP contribution in [0, 0.1) is 11.3 Å². The largest absolute Gasteiger partial charge is 0.490 e. The molecule has 37 heavy (non-hydrogen) atoms. The number of pyridine rings is 2. The molecule has 4 aromatic rings. The number of nitriles is 1. The van der Waals surface area contributed by atoms with Crippen LogP contribution in [0.4, 0.5) is 5.82 Å². The van der Waals surface area contributed by atoms with Crippen molar-refractivity contribution in [3.8, 4) is 28.8 Å². The maximum absolute atomic E-state index is 9.58. The van der Waals surface area contributed by atoms with E-state index >= 15 is 0 Å². The molecular weight excluding hydrogens is 472 g/mol. The van der Waals surface area contributed by atoms with E-state index in [2.05, 4.69) is 30.9 Å². The number of rotatable bonds is 8. The Morgan fingerprint density at radius 1 is 1.11 bits per heavy atom. The predicted molar refractivity (Wildman–Crippen MR) is 134 cm³/mol. The van der Waals surface area contributed by atoms with Crippen molar-refractivity contribution in [1.29, 1.82) is 5.26 Å². The molecule has 0 spiro atoms. The smallest absolute Gasteiger partial charge is 0.231 e. The van der Waals surface area contributed by atoms with Crippen LogP contribution in [0.15, 0.2) is 49.2 Å². The van der Waals surface area contributed by atoms with Crippen LogP contribution in [-0.2, 0) is 6.54 Å². The second kappa shape index (κ2) is 9.65. The van der Waals surface area contributed by atoms with E-state index in [-0.39, 0.29) is 13.2 Å². The van der Waals surface area contributed by atoms with Gasteiger partial charge in [0.25, 0.3) is 0 Å². The molecule has 0 radical (unpaired) electrons. The molecule has 3 aliphatic rings. The van der Waals surface area contributed by atoms with E-state index in [0.29, 0.717) is 34.8 Å². The Morgan fingerprint density at radius 3 is 2.65 bits per heavy atom. The lowest BCUT2D eigenvalue weighted by atomic mass is 9.87. The van der Waals surface area contributed by atoms with Gasteiger partial charge in [0.2, 0.25) is 5.88 Å². The standard InChI is InChI=1S/C26H26N8O3/c1-36-25-12-28-19(11-30-25)13-33-20-6-21(33)15-32(14-20)24-3-2-17(9-29-24)23-7-22(37-5-4-35)16-34-26(23)18(8-27)10-31-34/h2-3,7,9-12,16,20-21,35H,4-6,13-15H2,1H3. The Morgan fingerprint density at radius 2 is 1.97 bits per heavy atom. The zero-order chi connectivity index (χ0) is 25.4. The third-order valence-electron chi connectivity index (χ3n) is 7.03. The van der Waals surface area contributed by atoms with Crippen LogP contribution in [0.5, 0.6) is 11.6 Å². The molecule has 3 aliphatic heterocycles. The molecule has 7 rings (SSSR count). The van der Waals surface area contributed by atoms with Gasteiger partial charge in [0.1, 0.15) is 24.2 Å². The van der Waals surface area contributed by atoms with E-state index < -0.39 is 0 Å². The number of piperidine rings is 1. The molecule has 0 saturated carbocycles. The van der Waals surface area contributed by atoms with Gasteiger partial charge in [-0.3, -0.25) is 9.88 Å². The maximum Gasteiger partial charge on any atom is 0.231 e. The summed E-state index contributed by atoms with van der Waals surface area (Å²) in [6.07, 6.45) is 9.70. The minimum Gasteiger partial charge on any atom is -0.490 e. The zero-order valence-electron chi connectivity index (χ0n) is 20.4. The van der Waals surface area contributed by atoms with Gasteiger partial charge in [0, 0.05) is 49.0 Å². The van der Waals surface area contributed by atoms with Gasteiger partial charge in [0.15, 0.2) is 0 Å². The van der Waals surface area contributed by atoms with Gasteiger partial charge in [-0.15, -0.1) is 0 Å². The number of nitrogens with zero attached hydrogens (tertiary/aromatic N) is 8. The van der Waals surface area contributed by atoms with E-state index in [1.54, 1.807) is 36.4 Å². The third kappa shape index (κ3) is 4.30. The Bertz CT molecular complexity index is 1440. The number of methoxy groups -OCH3 is 1. The molecule has 0 amide bonds. The van der Waals surface area contributed by atoms with E-state index in [1.165, 1.54) is 6.42 Å². The van der Waals surface area contributed by atoms with Crippen molar-refractivity contribution >= 4 is 11.3 Å². The first-order valence-electron chi connectivity index (χ1n) is 12.1. The SMILES string of the molecule is COc1cnc(CN2C3CC2CN(c2ccc(-c4cc(OCCO)cn5ncc(C#N)c45)cn2)C3)cn1. The summed E-state index contributed by atoms with van der Waals surface area (Å²) in [6, 6.07) is 9.03. The monoisotopic (exact) mass is 498 g/mol. The average molecular weight is 499 g/mol. The van der Waals surface area contributed by atoms with E-state index in [1.807, 2.05) is 24.4 Å². The molecule has 188 valence electrons. The number of fused-ring (bicyclic) bond motifs is 3. The molecule has 4 aromatic heterocycles. The molecule has 2 atom stereocenters. The summed E-state index contributed by atoms with van der Waals surface area (Å²) in [7, 11) is 1.59. The number of aromatic nitrogens is 5. The molecule has 7 heterocycles. The van der Waals surface area contributed by atoms with Crippen LogP contribution in [0.1, 0.15) is 17.7 Å². The van der Waals surface area contributed by atoms with Crippen molar-refractivity contribution in [2.24, 2.45) is 0 Å². The molecule has 11 nitrogen and oxygen atoms in total.